The van der Waals surface area contributed by atoms with Crippen LogP contribution in [-0.4, -0.2) is 25.3 Å². The van der Waals surface area contributed by atoms with E-state index in [0.717, 1.165) is 25.0 Å². The van der Waals surface area contributed by atoms with E-state index in [1.54, 1.807) is 0 Å². The van der Waals surface area contributed by atoms with Crippen LogP contribution < -0.4 is 5.32 Å². The van der Waals surface area contributed by atoms with Crippen LogP contribution in [0.5, 0.6) is 0 Å². The molecule has 2 heteroatoms. The van der Waals surface area contributed by atoms with E-state index in [1.807, 2.05) is 0 Å². The summed E-state index contributed by atoms with van der Waals surface area (Å²) in [5, 5.41) is 3.64. The molecular formula is C18H37NO. The van der Waals surface area contributed by atoms with Crippen molar-refractivity contribution in [1.82, 2.24) is 5.32 Å². The lowest BCUT2D eigenvalue weighted by molar-refractivity contribution is -0.0274. The van der Waals surface area contributed by atoms with Crippen molar-refractivity contribution in [3.05, 3.63) is 0 Å². The molecule has 4 unspecified atom stereocenters. The van der Waals surface area contributed by atoms with Crippen LogP contribution in [0, 0.1) is 11.8 Å². The number of hydrogen-bond donors (Lipinski definition) is 1. The lowest BCUT2D eigenvalue weighted by Crippen LogP contribution is -2.46. The highest BCUT2D eigenvalue weighted by Crippen LogP contribution is 2.29. The average molecular weight is 284 g/mol. The zero-order chi connectivity index (χ0) is 14.8. The van der Waals surface area contributed by atoms with Gasteiger partial charge in [-0.05, 0) is 44.1 Å². The summed E-state index contributed by atoms with van der Waals surface area (Å²) in [5.41, 5.74) is 0. The van der Waals surface area contributed by atoms with Gasteiger partial charge in [0, 0.05) is 12.6 Å². The molecule has 0 radical (unpaired) electrons. The van der Waals surface area contributed by atoms with Crippen LogP contribution in [0.1, 0.15) is 79.1 Å². The zero-order valence-electron chi connectivity index (χ0n) is 14.3. The number of hydrogen-bond acceptors (Lipinski definition) is 2. The predicted octanol–water partition coefficient (Wildman–Crippen LogP) is 4.78. The summed E-state index contributed by atoms with van der Waals surface area (Å²) in [6, 6.07) is 0.589. The second-order valence-electron chi connectivity index (χ2n) is 6.54. The summed E-state index contributed by atoms with van der Waals surface area (Å²) in [6.45, 7) is 11.2. The SMILES string of the molecule is CCCCC(CC)COC1CC(CC)CCC1NCC. The Bertz CT molecular complexity index is 231. The van der Waals surface area contributed by atoms with Crippen LogP contribution in [0.4, 0.5) is 0 Å². The molecule has 0 heterocycles. The molecule has 2 nitrogen and oxygen atoms in total. The zero-order valence-corrected chi connectivity index (χ0v) is 14.3. The Kier molecular flexibility index (Phi) is 9.54. The fourth-order valence-corrected chi connectivity index (χ4v) is 3.42. The second kappa shape index (κ2) is 10.6. The van der Waals surface area contributed by atoms with Crippen molar-refractivity contribution < 1.29 is 4.74 Å². The van der Waals surface area contributed by atoms with Gasteiger partial charge in [-0.15, -0.1) is 0 Å². The van der Waals surface area contributed by atoms with Gasteiger partial charge in [-0.2, -0.15) is 0 Å². The third-order valence-electron chi connectivity index (χ3n) is 5.03. The van der Waals surface area contributed by atoms with Gasteiger partial charge in [0.05, 0.1) is 6.10 Å². The molecule has 0 aromatic rings. The molecule has 1 N–H and O–H groups in total. The fraction of sp³-hybridized carbons (Fsp3) is 1.00. The van der Waals surface area contributed by atoms with Gasteiger partial charge in [0.15, 0.2) is 0 Å². The minimum atomic E-state index is 0.448. The van der Waals surface area contributed by atoms with Crippen molar-refractivity contribution in [3.63, 3.8) is 0 Å². The molecule has 20 heavy (non-hydrogen) atoms. The van der Waals surface area contributed by atoms with Crippen LogP contribution in [0.15, 0.2) is 0 Å². The van der Waals surface area contributed by atoms with Crippen LogP contribution in [-0.2, 0) is 4.74 Å². The third kappa shape index (κ3) is 6.13. The van der Waals surface area contributed by atoms with E-state index in [0.29, 0.717) is 12.1 Å². The maximum Gasteiger partial charge on any atom is 0.0730 e. The first-order valence-corrected chi connectivity index (χ1v) is 9.09. The minimum absolute atomic E-state index is 0.448. The van der Waals surface area contributed by atoms with Gasteiger partial charge in [-0.3, -0.25) is 0 Å². The Labute approximate surface area is 127 Å². The van der Waals surface area contributed by atoms with Gasteiger partial charge < -0.3 is 10.1 Å². The quantitative estimate of drug-likeness (QED) is 0.623. The first kappa shape index (κ1) is 18.0. The Hall–Kier alpha value is -0.0800. The van der Waals surface area contributed by atoms with Gasteiger partial charge in [0.25, 0.3) is 0 Å². The van der Waals surface area contributed by atoms with E-state index in [-0.39, 0.29) is 0 Å². The Morgan fingerprint density at radius 1 is 1.15 bits per heavy atom. The molecule has 1 aliphatic rings. The van der Waals surface area contributed by atoms with E-state index in [4.69, 9.17) is 4.74 Å². The van der Waals surface area contributed by atoms with Crippen molar-refractivity contribution in [2.75, 3.05) is 13.2 Å². The maximum absolute atomic E-state index is 6.37. The highest BCUT2D eigenvalue weighted by molar-refractivity contribution is 4.85. The molecule has 0 amide bonds. The number of unbranched alkanes of at least 4 members (excludes halogenated alkanes) is 1. The Morgan fingerprint density at radius 3 is 2.55 bits per heavy atom. The number of likely N-dealkylation sites (N-methyl/N-ethyl adjacent to an activating group) is 1. The monoisotopic (exact) mass is 283 g/mol. The van der Waals surface area contributed by atoms with Gasteiger partial charge in [-0.25, -0.2) is 0 Å². The molecule has 0 saturated heterocycles. The van der Waals surface area contributed by atoms with Crippen molar-refractivity contribution in [1.29, 1.82) is 0 Å². The smallest absolute Gasteiger partial charge is 0.0730 e. The van der Waals surface area contributed by atoms with Gasteiger partial charge in [0.1, 0.15) is 0 Å². The normalized spacial score (nSPS) is 28.5. The molecule has 0 spiro atoms. The summed E-state index contributed by atoms with van der Waals surface area (Å²) in [5.74, 6) is 1.64. The summed E-state index contributed by atoms with van der Waals surface area (Å²) in [7, 11) is 0. The van der Waals surface area contributed by atoms with Crippen LogP contribution in [0.25, 0.3) is 0 Å². The van der Waals surface area contributed by atoms with E-state index in [9.17, 15) is 0 Å². The van der Waals surface area contributed by atoms with Crippen LogP contribution >= 0.6 is 0 Å². The van der Waals surface area contributed by atoms with Gasteiger partial charge in [0.2, 0.25) is 0 Å². The number of nitrogens with one attached hydrogen (secondary N) is 1. The van der Waals surface area contributed by atoms with E-state index >= 15 is 0 Å². The first-order chi connectivity index (χ1) is 9.74. The predicted molar refractivity (Wildman–Crippen MR) is 88.1 cm³/mol. The standard InChI is InChI=1S/C18H37NO/c1-5-9-10-16(7-3)14-20-18-13-15(6-2)11-12-17(18)19-8-4/h15-19H,5-14H2,1-4H3. The van der Waals surface area contributed by atoms with Crippen molar-refractivity contribution in [2.45, 2.75) is 91.2 Å². The fourth-order valence-electron chi connectivity index (χ4n) is 3.42. The van der Waals surface area contributed by atoms with E-state index in [2.05, 4.69) is 33.0 Å². The molecule has 0 aromatic heterocycles. The van der Waals surface area contributed by atoms with Gasteiger partial charge in [-0.1, -0.05) is 53.4 Å². The Morgan fingerprint density at radius 2 is 1.95 bits per heavy atom. The molecule has 1 fully saturated rings. The summed E-state index contributed by atoms with van der Waals surface area (Å²) in [6.07, 6.45) is 10.9. The second-order valence-corrected chi connectivity index (χ2v) is 6.54. The highest BCUT2D eigenvalue weighted by atomic mass is 16.5. The van der Waals surface area contributed by atoms with Crippen LogP contribution in [0.2, 0.25) is 0 Å². The minimum Gasteiger partial charge on any atom is -0.376 e. The molecule has 4 atom stereocenters. The Balaban J connectivity index is 2.42. The molecule has 1 rings (SSSR count). The number of ether oxygens (including phenoxy) is 1. The molecule has 120 valence electrons. The van der Waals surface area contributed by atoms with Crippen molar-refractivity contribution in [3.8, 4) is 0 Å². The van der Waals surface area contributed by atoms with Crippen molar-refractivity contribution >= 4 is 0 Å². The lowest BCUT2D eigenvalue weighted by atomic mass is 9.82. The molecule has 1 saturated carbocycles. The average Bonchev–Trinajstić information content (AvgIpc) is 2.49. The topological polar surface area (TPSA) is 21.3 Å². The van der Waals surface area contributed by atoms with Crippen LogP contribution in [0.3, 0.4) is 0 Å². The third-order valence-corrected chi connectivity index (χ3v) is 5.03. The lowest BCUT2D eigenvalue weighted by Gasteiger charge is -2.37. The van der Waals surface area contributed by atoms with E-state index < -0.39 is 0 Å². The van der Waals surface area contributed by atoms with Crippen molar-refractivity contribution in [2.24, 2.45) is 11.8 Å². The molecule has 1 aliphatic carbocycles. The maximum atomic E-state index is 6.37. The number of rotatable bonds is 10. The first-order valence-electron chi connectivity index (χ1n) is 9.09. The summed E-state index contributed by atoms with van der Waals surface area (Å²) in [4.78, 5) is 0. The molecule has 0 bridgehead atoms. The molecular weight excluding hydrogens is 246 g/mol. The molecule has 0 aromatic carbocycles. The highest BCUT2D eigenvalue weighted by Gasteiger charge is 2.30. The summed E-state index contributed by atoms with van der Waals surface area (Å²) < 4.78 is 6.37. The molecule has 0 aliphatic heterocycles. The summed E-state index contributed by atoms with van der Waals surface area (Å²) >= 11 is 0. The van der Waals surface area contributed by atoms with Gasteiger partial charge >= 0.3 is 0 Å². The van der Waals surface area contributed by atoms with E-state index in [1.165, 1.54) is 51.4 Å². The largest absolute Gasteiger partial charge is 0.376 e.